The Hall–Kier alpha value is -4.05. The number of carbonyl (C=O) groups excluding carboxylic acids is 1. The number of ether oxygens (including phenoxy) is 4. The van der Waals surface area contributed by atoms with Crippen molar-refractivity contribution in [2.45, 2.75) is 25.7 Å². The lowest BCUT2D eigenvalue weighted by Gasteiger charge is -2.20. The average Bonchev–Trinajstić information content (AvgIpc) is 2.88. The molecule has 0 heterocycles. The van der Waals surface area contributed by atoms with Gasteiger partial charge in [-0.05, 0) is 37.4 Å². The standard InChI is InChI=1S/C22H29NO5.C4H4O4/c1-15(16-9-7-6-8-10-16)11-12-17-18(22(24)28-14-23-2)13-19(25-3)21(27-5)20(17)26-4;5-3(6)1-2-4(7)8/h6-10,13,15,23H,11-12,14H2,1-5H3;1-2H,(H,5,6)(H,7,8)/b;2-1-. The summed E-state index contributed by atoms with van der Waals surface area (Å²) in [5.74, 6) is -1.23. The molecule has 0 amide bonds. The number of benzene rings is 2. The third-order valence-electron chi connectivity index (χ3n) is 5.06. The van der Waals surface area contributed by atoms with Crippen molar-refractivity contribution < 1.29 is 43.5 Å². The molecule has 2 aromatic carbocycles. The molecule has 0 aliphatic heterocycles. The van der Waals surface area contributed by atoms with E-state index >= 15 is 0 Å². The third-order valence-corrected chi connectivity index (χ3v) is 5.06. The van der Waals surface area contributed by atoms with E-state index in [1.165, 1.54) is 12.7 Å². The summed E-state index contributed by atoms with van der Waals surface area (Å²) < 4.78 is 21.8. The van der Waals surface area contributed by atoms with Crippen LogP contribution in [0.4, 0.5) is 0 Å². The Bertz CT molecular complexity index is 1020. The first-order chi connectivity index (χ1) is 17.2. The molecule has 3 N–H and O–H groups in total. The highest BCUT2D eigenvalue weighted by atomic mass is 16.5. The van der Waals surface area contributed by atoms with E-state index in [2.05, 4.69) is 24.4 Å². The van der Waals surface area contributed by atoms with Gasteiger partial charge in [0.25, 0.3) is 0 Å². The van der Waals surface area contributed by atoms with Crippen LogP contribution in [0.3, 0.4) is 0 Å². The lowest BCUT2D eigenvalue weighted by Crippen LogP contribution is -2.18. The van der Waals surface area contributed by atoms with Gasteiger partial charge >= 0.3 is 17.9 Å². The van der Waals surface area contributed by atoms with Gasteiger partial charge in [-0.25, -0.2) is 14.4 Å². The molecule has 0 aromatic heterocycles. The predicted molar refractivity (Wildman–Crippen MR) is 133 cm³/mol. The predicted octanol–water partition coefficient (Wildman–Crippen LogP) is 3.49. The second-order valence-corrected chi connectivity index (χ2v) is 7.46. The summed E-state index contributed by atoms with van der Waals surface area (Å²) in [7, 11) is 6.35. The summed E-state index contributed by atoms with van der Waals surface area (Å²) in [6.07, 6.45) is 2.58. The van der Waals surface area contributed by atoms with Crippen molar-refractivity contribution in [3.63, 3.8) is 0 Å². The first kappa shape index (κ1) is 30.0. The normalized spacial score (nSPS) is 11.1. The molecule has 0 saturated carbocycles. The van der Waals surface area contributed by atoms with Gasteiger partial charge in [0.15, 0.2) is 11.5 Å². The summed E-state index contributed by atoms with van der Waals surface area (Å²) in [5, 5.41) is 18.4. The highest BCUT2D eigenvalue weighted by Gasteiger charge is 2.25. The van der Waals surface area contributed by atoms with Gasteiger partial charge in [-0.3, -0.25) is 5.32 Å². The van der Waals surface area contributed by atoms with Crippen LogP contribution in [-0.2, 0) is 20.7 Å². The fourth-order valence-corrected chi connectivity index (χ4v) is 3.31. The van der Waals surface area contributed by atoms with Crippen molar-refractivity contribution in [1.29, 1.82) is 0 Å². The molecule has 0 radical (unpaired) electrons. The maximum absolute atomic E-state index is 12.7. The van der Waals surface area contributed by atoms with E-state index in [1.54, 1.807) is 27.3 Å². The molecule has 0 aliphatic rings. The number of methoxy groups -OCH3 is 3. The topological polar surface area (TPSA) is 141 Å². The molecule has 10 nitrogen and oxygen atoms in total. The number of esters is 1. The molecule has 2 rings (SSSR count). The zero-order valence-electron chi connectivity index (χ0n) is 21.1. The van der Waals surface area contributed by atoms with E-state index in [-0.39, 0.29) is 6.73 Å². The molecule has 10 heteroatoms. The molecular formula is C26H33NO9. The number of nitrogens with one attached hydrogen (secondary N) is 1. The molecule has 0 bridgehead atoms. The monoisotopic (exact) mass is 503 g/mol. The molecule has 1 atom stereocenters. The second-order valence-electron chi connectivity index (χ2n) is 7.46. The maximum atomic E-state index is 12.7. The van der Waals surface area contributed by atoms with Gasteiger partial charge in [0, 0.05) is 17.7 Å². The lowest BCUT2D eigenvalue weighted by atomic mass is 9.91. The van der Waals surface area contributed by atoms with E-state index in [1.807, 2.05) is 18.2 Å². The van der Waals surface area contributed by atoms with Gasteiger partial charge in [-0.2, -0.15) is 0 Å². The number of carbonyl (C=O) groups is 3. The summed E-state index contributed by atoms with van der Waals surface area (Å²) in [6.45, 7) is 2.29. The molecule has 0 fully saturated rings. The van der Waals surface area contributed by atoms with Gasteiger partial charge in [0.1, 0.15) is 6.73 Å². The van der Waals surface area contributed by atoms with E-state index in [9.17, 15) is 14.4 Å². The Labute approximate surface area is 210 Å². The average molecular weight is 504 g/mol. The third kappa shape index (κ3) is 9.30. The Morgan fingerprint density at radius 2 is 1.53 bits per heavy atom. The quantitative estimate of drug-likeness (QED) is 0.224. The zero-order chi connectivity index (χ0) is 27.1. The van der Waals surface area contributed by atoms with Crippen LogP contribution in [0.1, 0.15) is 40.7 Å². The van der Waals surface area contributed by atoms with Gasteiger partial charge in [0.05, 0.1) is 26.9 Å². The van der Waals surface area contributed by atoms with Crippen molar-refractivity contribution in [2.24, 2.45) is 0 Å². The van der Waals surface area contributed by atoms with Gasteiger partial charge in [-0.1, -0.05) is 37.3 Å². The second kappa shape index (κ2) is 15.8. The molecule has 0 spiro atoms. The lowest BCUT2D eigenvalue weighted by molar-refractivity contribution is -0.134. The number of carboxylic acid groups (broad SMARTS) is 2. The zero-order valence-corrected chi connectivity index (χ0v) is 21.1. The van der Waals surface area contributed by atoms with Gasteiger partial charge in [-0.15, -0.1) is 0 Å². The van der Waals surface area contributed by atoms with Crippen LogP contribution in [-0.4, -0.2) is 63.2 Å². The fraction of sp³-hybridized carbons (Fsp3) is 0.346. The van der Waals surface area contributed by atoms with E-state index in [0.717, 1.165) is 12.0 Å². The summed E-state index contributed by atoms with van der Waals surface area (Å²) in [6, 6.07) is 11.9. The first-order valence-electron chi connectivity index (χ1n) is 11.0. The van der Waals surface area contributed by atoms with Crippen LogP contribution < -0.4 is 19.5 Å². The largest absolute Gasteiger partial charge is 0.493 e. The Morgan fingerprint density at radius 3 is 2.00 bits per heavy atom. The van der Waals surface area contributed by atoms with Crippen LogP contribution in [0.5, 0.6) is 17.2 Å². The van der Waals surface area contributed by atoms with E-state index in [0.29, 0.717) is 47.3 Å². The van der Waals surface area contributed by atoms with Gasteiger partial charge < -0.3 is 29.2 Å². The number of rotatable bonds is 12. The SMILES string of the molecule is CNCOC(=O)c1cc(OC)c(OC)c(OC)c1CCC(C)c1ccccc1.O=C(O)/C=C\C(=O)O. The minimum Gasteiger partial charge on any atom is -0.493 e. The van der Waals surface area contributed by atoms with Crippen molar-refractivity contribution in [3.8, 4) is 17.2 Å². The number of hydrogen-bond acceptors (Lipinski definition) is 8. The Balaban J connectivity index is 0.000000697. The van der Waals surface area contributed by atoms with Crippen LogP contribution in [0.15, 0.2) is 48.6 Å². The smallest absolute Gasteiger partial charge is 0.340 e. The van der Waals surface area contributed by atoms with Crippen molar-refractivity contribution in [1.82, 2.24) is 5.32 Å². The van der Waals surface area contributed by atoms with Crippen LogP contribution in [0.2, 0.25) is 0 Å². The number of carboxylic acids is 2. The van der Waals surface area contributed by atoms with Crippen LogP contribution in [0.25, 0.3) is 0 Å². The van der Waals surface area contributed by atoms with Crippen LogP contribution in [0, 0.1) is 0 Å². The Kier molecular flexibility index (Phi) is 13.1. The Morgan fingerprint density at radius 1 is 0.944 bits per heavy atom. The molecule has 1 unspecified atom stereocenters. The minimum absolute atomic E-state index is 0.120. The highest BCUT2D eigenvalue weighted by molar-refractivity contribution is 5.93. The van der Waals surface area contributed by atoms with Gasteiger partial charge in [0.2, 0.25) is 5.75 Å². The summed E-state index contributed by atoms with van der Waals surface area (Å²) in [5.41, 5.74) is 2.43. The summed E-state index contributed by atoms with van der Waals surface area (Å²) in [4.78, 5) is 31.8. The molecule has 36 heavy (non-hydrogen) atoms. The molecule has 196 valence electrons. The van der Waals surface area contributed by atoms with E-state index in [4.69, 9.17) is 29.2 Å². The highest BCUT2D eigenvalue weighted by Crippen LogP contribution is 2.43. The fourth-order valence-electron chi connectivity index (χ4n) is 3.31. The first-order valence-corrected chi connectivity index (χ1v) is 11.0. The van der Waals surface area contributed by atoms with Crippen molar-refractivity contribution in [2.75, 3.05) is 35.1 Å². The summed E-state index contributed by atoms with van der Waals surface area (Å²) >= 11 is 0. The number of hydrogen-bond donors (Lipinski definition) is 3. The van der Waals surface area contributed by atoms with Crippen molar-refractivity contribution in [3.05, 3.63) is 65.2 Å². The van der Waals surface area contributed by atoms with Crippen LogP contribution >= 0.6 is 0 Å². The number of aliphatic carboxylic acids is 2. The minimum atomic E-state index is -1.26. The molecule has 0 saturated heterocycles. The molecular weight excluding hydrogens is 470 g/mol. The maximum Gasteiger partial charge on any atom is 0.340 e. The van der Waals surface area contributed by atoms with E-state index < -0.39 is 17.9 Å². The molecule has 2 aromatic rings. The molecule has 0 aliphatic carbocycles. The van der Waals surface area contributed by atoms with Crippen molar-refractivity contribution >= 4 is 17.9 Å².